The molecule has 0 aliphatic carbocycles. The maximum atomic E-state index is 13.3. The molecule has 3 rings (SSSR count). The number of hydrogen-bond acceptors (Lipinski definition) is 8. The van der Waals surface area contributed by atoms with Crippen molar-refractivity contribution in [3.8, 4) is 11.5 Å². The Hall–Kier alpha value is -2.87. The predicted molar refractivity (Wildman–Crippen MR) is 117 cm³/mol. The van der Waals surface area contributed by atoms with Crippen LogP contribution in [0.3, 0.4) is 0 Å². The second-order valence-electron chi connectivity index (χ2n) is 8.90. The fourth-order valence-corrected chi connectivity index (χ4v) is 4.01. The molecule has 0 saturated carbocycles. The second kappa shape index (κ2) is 8.58. The van der Waals surface area contributed by atoms with Crippen LogP contribution in [0.15, 0.2) is 15.3 Å². The van der Waals surface area contributed by atoms with Gasteiger partial charge in [-0.25, -0.2) is 4.79 Å². The van der Waals surface area contributed by atoms with Crippen LogP contribution in [0.2, 0.25) is 0 Å². The number of esters is 1. The van der Waals surface area contributed by atoms with Crippen LogP contribution in [-0.2, 0) is 16.0 Å². The van der Waals surface area contributed by atoms with Gasteiger partial charge in [-0.1, -0.05) is 20.8 Å². The van der Waals surface area contributed by atoms with Crippen molar-refractivity contribution in [2.24, 2.45) is 5.92 Å². The van der Waals surface area contributed by atoms with Crippen molar-refractivity contribution in [3.05, 3.63) is 33.2 Å². The summed E-state index contributed by atoms with van der Waals surface area (Å²) >= 11 is 0. The van der Waals surface area contributed by atoms with E-state index in [2.05, 4.69) is 0 Å². The van der Waals surface area contributed by atoms with Crippen molar-refractivity contribution in [1.29, 1.82) is 0 Å². The zero-order chi connectivity index (χ0) is 24.0. The highest BCUT2D eigenvalue weighted by molar-refractivity contribution is 6.09. The van der Waals surface area contributed by atoms with E-state index in [1.165, 1.54) is 13.0 Å². The van der Waals surface area contributed by atoms with Crippen LogP contribution in [0.1, 0.15) is 82.0 Å². The van der Waals surface area contributed by atoms with Crippen molar-refractivity contribution in [3.63, 3.8) is 0 Å². The number of fused-ring (bicyclic) bond motifs is 3. The Bertz CT molecular complexity index is 1120. The Balaban J connectivity index is 2.42. The van der Waals surface area contributed by atoms with Gasteiger partial charge >= 0.3 is 11.6 Å². The first kappa shape index (κ1) is 23.8. The number of phenols is 1. The summed E-state index contributed by atoms with van der Waals surface area (Å²) in [5, 5.41) is 22.0. The minimum Gasteiger partial charge on any atom is -0.506 e. The number of phenolic OH excluding ortho intramolecular Hbond substituents is 1. The van der Waals surface area contributed by atoms with Crippen LogP contribution < -0.4 is 10.4 Å². The fourth-order valence-electron chi connectivity index (χ4n) is 4.01. The highest BCUT2D eigenvalue weighted by Gasteiger charge is 2.41. The lowest BCUT2D eigenvalue weighted by atomic mass is 9.89. The van der Waals surface area contributed by atoms with Gasteiger partial charge in [0, 0.05) is 36.5 Å². The van der Waals surface area contributed by atoms with Gasteiger partial charge in [0.25, 0.3) is 0 Å². The quantitative estimate of drug-likeness (QED) is 0.374. The third-order valence-corrected chi connectivity index (χ3v) is 6.01. The summed E-state index contributed by atoms with van der Waals surface area (Å²) in [6.45, 7) is 9.80. The standard InChI is InChI=1S/C24H30O8/c1-7-11(3)20(27)19-21(28)18-13(15(8-2)30-12(4)25)10-17(26)32-22(18)14-9-16(24(5,6)29)31-23(14)19/h10-11,15-16,28-29H,7-9H2,1-6H3/t11-,15+,16-/m0/s1. The SMILES string of the molecule is CC[C@H](C)C(=O)c1c2c(c3oc(=O)cc([C@@H](CC)OC(C)=O)c3c1O)C[C@@H](C(C)(C)O)O2. The van der Waals surface area contributed by atoms with Crippen molar-refractivity contribution in [2.75, 3.05) is 0 Å². The summed E-state index contributed by atoms with van der Waals surface area (Å²) in [7, 11) is 0. The number of carbonyl (C=O) groups is 2. The van der Waals surface area contributed by atoms with E-state index in [-0.39, 0.29) is 45.8 Å². The first-order chi connectivity index (χ1) is 14.9. The van der Waals surface area contributed by atoms with Crippen molar-refractivity contribution in [2.45, 2.75) is 78.6 Å². The Morgan fingerprint density at radius 1 is 1.28 bits per heavy atom. The molecule has 1 aromatic heterocycles. The number of hydrogen-bond donors (Lipinski definition) is 2. The van der Waals surface area contributed by atoms with Crippen molar-refractivity contribution >= 4 is 22.7 Å². The normalized spacial score (nSPS) is 17.5. The highest BCUT2D eigenvalue weighted by atomic mass is 16.5. The molecular formula is C24H30O8. The topological polar surface area (TPSA) is 123 Å². The summed E-state index contributed by atoms with van der Waals surface area (Å²) in [6, 6.07) is 1.17. The maximum Gasteiger partial charge on any atom is 0.336 e. The number of carbonyl (C=O) groups excluding carboxylic acids is 2. The van der Waals surface area contributed by atoms with Gasteiger partial charge in [0.05, 0.1) is 11.0 Å². The molecular weight excluding hydrogens is 416 g/mol. The van der Waals surface area contributed by atoms with E-state index in [0.29, 0.717) is 18.4 Å². The molecule has 1 aromatic carbocycles. The summed E-state index contributed by atoms with van der Waals surface area (Å²) < 4.78 is 16.8. The van der Waals surface area contributed by atoms with Gasteiger partial charge in [0.15, 0.2) is 5.78 Å². The van der Waals surface area contributed by atoms with Crippen LogP contribution in [0.25, 0.3) is 11.0 Å². The number of rotatable bonds is 7. The third kappa shape index (κ3) is 4.11. The Morgan fingerprint density at radius 3 is 2.47 bits per heavy atom. The molecule has 2 N–H and O–H groups in total. The predicted octanol–water partition coefficient (Wildman–Crippen LogP) is 3.82. The molecule has 3 atom stereocenters. The molecule has 0 bridgehead atoms. The van der Waals surface area contributed by atoms with Gasteiger partial charge in [-0.3, -0.25) is 9.59 Å². The van der Waals surface area contributed by atoms with Gasteiger partial charge in [-0.2, -0.15) is 0 Å². The summed E-state index contributed by atoms with van der Waals surface area (Å²) in [5.74, 6) is -1.53. The maximum absolute atomic E-state index is 13.3. The molecule has 32 heavy (non-hydrogen) atoms. The lowest BCUT2D eigenvalue weighted by molar-refractivity contribution is -0.146. The largest absolute Gasteiger partial charge is 0.506 e. The first-order valence-corrected chi connectivity index (χ1v) is 10.9. The van der Waals surface area contributed by atoms with E-state index in [9.17, 15) is 24.6 Å². The Labute approximate surface area is 186 Å². The Kier molecular flexibility index (Phi) is 6.38. The first-order valence-electron chi connectivity index (χ1n) is 10.9. The van der Waals surface area contributed by atoms with E-state index < -0.39 is 35.3 Å². The van der Waals surface area contributed by atoms with Gasteiger partial charge in [0.2, 0.25) is 0 Å². The molecule has 0 spiro atoms. The smallest absolute Gasteiger partial charge is 0.336 e. The molecule has 8 nitrogen and oxygen atoms in total. The molecule has 8 heteroatoms. The van der Waals surface area contributed by atoms with Gasteiger partial charge in [-0.05, 0) is 26.7 Å². The highest BCUT2D eigenvalue weighted by Crippen LogP contribution is 2.48. The average Bonchev–Trinajstić information content (AvgIpc) is 3.16. The number of ether oxygens (including phenoxy) is 2. The molecule has 0 radical (unpaired) electrons. The lowest BCUT2D eigenvalue weighted by Gasteiger charge is -2.25. The van der Waals surface area contributed by atoms with Crippen LogP contribution in [0, 0.1) is 5.92 Å². The molecule has 2 aromatic rings. The number of aromatic hydroxyl groups is 1. The van der Waals surface area contributed by atoms with Gasteiger partial charge in [0.1, 0.15) is 34.9 Å². The zero-order valence-electron chi connectivity index (χ0n) is 19.3. The van der Waals surface area contributed by atoms with Crippen molar-refractivity contribution < 1.29 is 33.7 Å². The molecule has 2 heterocycles. The lowest BCUT2D eigenvalue weighted by Crippen LogP contribution is -2.39. The molecule has 1 aliphatic rings. The van der Waals surface area contributed by atoms with Gasteiger partial charge < -0.3 is 24.1 Å². The number of Topliss-reactive ketones (excluding diaryl/α,β-unsaturated/α-hetero) is 1. The molecule has 0 unspecified atom stereocenters. The minimum atomic E-state index is -1.25. The van der Waals surface area contributed by atoms with E-state index in [1.54, 1.807) is 27.7 Å². The molecule has 1 aliphatic heterocycles. The molecule has 174 valence electrons. The van der Waals surface area contributed by atoms with Crippen molar-refractivity contribution in [1.82, 2.24) is 0 Å². The number of aliphatic hydroxyl groups is 1. The Morgan fingerprint density at radius 2 is 1.94 bits per heavy atom. The van der Waals surface area contributed by atoms with Crippen LogP contribution in [0.4, 0.5) is 0 Å². The van der Waals surface area contributed by atoms with Crippen LogP contribution in [-0.4, -0.2) is 33.7 Å². The minimum absolute atomic E-state index is 0.0126. The summed E-state index contributed by atoms with van der Waals surface area (Å²) in [5.41, 5.74) is -1.20. The summed E-state index contributed by atoms with van der Waals surface area (Å²) in [6.07, 6.45) is -0.474. The zero-order valence-corrected chi connectivity index (χ0v) is 19.3. The third-order valence-electron chi connectivity index (χ3n) is 6.01. The van der Waals surface area contributed by atoms with E-state index in [4.69, 9.17) is 13.9 Å². The van der Waals surface area contributed by atoms with E-state index in [0.717, 1.165) is 0 Å². The molecule has 0 amide bonds. The van der Waals surface area contributed by atoms with Gasteiger partial charge in [-0.15, -0.1) is 0 Å². The fraction of sp³-hybridized carbons (Fsp3) is 0.542. The average molecular weight is 446 g/mol. The second-order valence-corrected chi connectivity index (χ2v) is 8.90. The van der Waals surface area contributed by atoms with Crippen LogP contribution in [0.5, 0.6) is 11.5 Å². The molecule has 0 fully saturated rings. The van der Waals surface area contributed by atoms with E-state index >= 15 is 0 Å². The number of ketones is 1. The summed E-state index contributed by atoms with van der Waals surface area (Å²) in [4.78, 5) is 37.3. The monoisotopic (exact) mass is 446 g/mol. The van der Waals surface area contributed by atoms with E-state index in [1.807, 2.05) is 6.92 Å². The number of benzene rings is 1. The molecule has 0 saturated heterocycles. The van der Waals surface area contributed by atoms with Crippen LogP contribution >= 0.6 is 0 Å².